The lowest BCUT2D eigenvalue weighted by molar-refractivity contribution is -0.123. The van der Waals surface area contributed by atoms with E-state index in [4.69, 9.17) is 17.3 Å². The Labute approximate surface area is 175 Å². The van der Waals surface area contributed by atoms with Crippen molar-refractivity contribution in [3.05, 3.63) is 86.6 Å². The standard InChI is InChI=1S/C21H17ClFN3O2S/c22-13-8-15-14(16(23)9-13)6-7-18(15)26(21(28)17-10-29-11-25-17)19(20(24)27)12-4-2-1-3-5-12/h1-5,8-11,18-19H,6-7H2,(H2,24,27)/t18-,19?/m1/s1. The van der Waals surface area contributed by atoms with E-state index in [-0.39, 0.29) is 10.7 Å². The molecular weight excluding hydrogens is 413 g/mol. The molecule has 4 rings (SSSR count). The molecule has 0 bridgehead atoms. The number of hydrogen-bond donors (Lipinski definition) is 1. The van der Waals surface area contributed by atoms with Crippen LogP contribution in [0.5, 0.6) is 0 Å². The number of carbonyl (C=O) groups excluding carboxylic acids is 2. The minimum atomic E-state index is -1.02. The number of fused-ring (bicyclic) bond motifs is 1. The van der Waals surface area contributed by atoms with E-state index in [1.165, 1.54) is 22.3 Å². The summed E-state index contributed by atoms with van der Waals surface area (Å²) in [6, 6.07) is 10.2. The SMILES string of the molecule is NC(=O)C(c1ccccc1)N(C(=O)c1cscn1)[C@@H]1CCc2c(F)cc(Cl)cc21. The van der Waals surface area contributed by atoms with Gasteiger partial charge in [0.1, 0.15) is 17.6 Å². The van der Waals surface area contributed by atoms with Crippen molar-refractivity contribution in [1.29, 1.82) is 0 Å². The minimum absolute atomic E-state index is 0.216. The summed E-state index contributed by atoms with van der Waals surface area (Å²) in [6.45, 7) is 0. The number of rotatable bonds is 5. The lowest BCUT2D eigenvalue weighted by Gasteiger charge is -2.35. The van der Waals surface area contributed by atoms with E-state index in [1.54, 1.807) is 41.2 Å². The van der Waals surface area contributed by atoms with E-state index in [0.29, 0.717) is 29.5 Å². The van der Waals surface area contributed by atoms with Crippen LogP contribution in [-0.4, -0.2) is 21.7 Å². The van der Waals surface area contributed by atoms with Gasteiger partial charge in [0.2, 0.25) is 5.91 Å². The minimum Gasteiger partial charge on any atom is -0.368 e. The third kappa shape index (κ3) is 3.63. The topological polar surface area (TPSA) is 76.3 Å². The van der Waals surface area contributed by atoms with Crippen molar-refractivity contribution in [2.45, 2.75) is 24.9 Å². The van der Waals surface area contributed by atoms with Gasteiger partial charge in [-0.05, 0) is 41.7 Å². The van der Waals surface area contributed by atoms with Gasteiger partial charge in [-0.1, -0.05) is 41.9 Å². The number of amides is 2. The first kappa shape index (κ1) is 19.5. The fourth-order valence-electron chi connectivity index (χ4n) is 3.90. The van der Waals surface area contributed by atoms with Crippen molar-refractivity contribution in [1.82, 2.24) is 9.88 Å². The summed E-state index contributed by atoms with van der Waals surface area (Å²) in [6.07, 6.45) is 0.892. The Morgan fingerprint density at radius 3 is 2.69 bits per heavy atom. The molecule has 0 saturated heterocycles. The highest BCUT2D eigenvalue weighted by Gasteiger charge is 2.40. The highest BCUT2D eigenvalue weighted by atomic mass is 35.5. The fraction of sp³-hybridized carbons (Fsp3) is 0.190. The fourth-order valence-corrected chi connectivity index (χ4v) is 4.64. The van der Waals surface area contributed by atoms with Gasteiger partial charge in [-0.15, -0.1) is 11.3 Å². The Morgan fingerprint density at radius 1 is 1.28 bits per heavy atom. The molecule has 2 atom stereocenters. The molecule has 29 heavy (non-hydrogen) atoms. The number of thiazole rings is 1. The van der Waals surface area contributed by atoms with Crippen LogP contribution in [0.3, 0.4) is 0 Å². The molecule has 1 aliphatic rings. The largest absolute Gasteiger partial charge is 0.368 e. The second-order valence-corrected chi connectivity index (χ2v) is 7.97. The summed E-state index contributed by atoms with van der Waals surface area (Å²) >= 11 is 7.37. The van der Waals surface area contributed by atoms with Gasteiger partial charge in [0.05, 0.1) is 11.6 Å². The van der Waals surface area contributed by atoms with Gasteiger partial charge in [-0.25, -0.2) is 9.37 Å². The van der Waals surface area contributed by atoms with Crippen LogP contribution in [0.15, 0.2) is 53.4 Å². The average Bonchev–Trinajstić information content (AvgIpc) is 3.36. The molecule has 0 spiro atoms. The van der Waals surface area contributed by atoms with Crippen LogP contribution in [-0.2, 0) is 11.2 Å². The van der Waals surface area contributed by atoms with Crippen LogP contribution in [0.2, 0.25) is 5.02 Å². The first-order valence-corrected chi connectivity index (χ1v) is 10.3. The van der Waals surface area contributed by atoms with Crippen LogP contribution in [0.1, 0.15) is 45.7 Å². The van der Waals surface area contributed by atoms with Crippen molar-refractivity contribution in [3.63, 3.8) is 0 Å². The lowest BCUT2D eigenvalue weighted by Crippen LogP contribution is -2.43. The number of carbonyl (C=O) groups is 2. The smallest absolute Gasteiger partial charge is 0.274 e. The van der Waals surface area contributed by atoms with E-state index in [9.17, 15) is 14.0 Å². The van der Waals surface area contributed by atoms with Gasteiger partial charge >= 0.3 is 0 Å². The Kier molecular flexibility index (Phi) is 5.34. The molecule has 2 N–H and O–H groups in total. The van der Waals surface area contributed by atoms with Crippen LogP contribution >= 0.6 is 22.9 Å². The molecule has 1 aliphatic carbocycles. The second-order valence-electron chi connectivity index (χ2n) is 6.81. The van der Waals surface area contributed by atoms with Gasteiger partial charge in [0.25, 0.3) is 5.91 Å². The zero-order valence-corrected chi connectivity index (χ0v) is 16.8. The van der Waals surface area contributed by atoms with Crippen molar-refractivity contribution < 1.29 is 14.0 Å². The molecular formula is C21H17ClFN3O2S. The molecule has 0 aliphatic heterocycles. The van der Waals surface area contributed by atoms with Gasteiger partial charge in [0.15, 0.2) is 0 Å². The third-order valence-electron chi connectivity index (χ3n) is 5.11. The average molecular weight is 430 g/mol. The quantitative estimate of drug-likeness (QED) is 0.657. The molecule has 3 aromatic rings. The van der Waals surface area contributed by atoms with Crippen LogP contribution < -0.4 is 5.73 Å². The molecule has 0 radical (unpaired) electrons. The van der Waals surface area contributed by atoms with E-state index >= 15 is 0 Å². The zero-order chi connectivity index (χ0) is 20.5. The molecule has 1 heterocycles. The summed E-state index contributed by atoms with van der Waals surface area (Å²) in [4.78, 5) is 31.5. The highest BCUT2D eigenvalue weighted by Crippen LogP contribution is 2.43. The number of primary amides is 1. The van der Waals surface area contributed by atoms with E-state index in [0.717, 1.165) is 0 Å². The van der Waals surface area contributed by atoms with Gasteiger partial charge < -0.3 is 10.6 Å². The molecule has 8 heteroatoms. The maximum Gasteiger partial charge on any atom is 0.274 e. The first-order valence-electron chi connectivity index (χ1n) is 9.00. The normalized spacial score (nSPS) is 16.3. The van der Waals surface area contributed by atoms with Crippen molar-refractivity contribution in [3.8, 4) is 0 Å². The summed E-state index contributed by atoms with van der Waals surface area (Å²) in [5.74, 6) is -1.51. The van der Waals surface area contributed by atoms with Gasteiger partial charge in [-0.3, -0.25) is 9.59 Å². The third-order valence-corrected chi connectivity index (χ3v) is 5.91. The summed E-state index contributed by atoms with van der Waals surface area (Å²) in [5.41, 5.74) is 9.21. The van der Waals surface area contributed by atoms with E-state index in [2.05, 4.69) is 4.98 Å². The van der Waals surface area contributed by atoms with Crippen LogP contribution in [0.4, 0.5) is 4.39 Å². The van der Waals surface area contributed by atoms with E-state index < -0.39 is 29.7 Å². The molecule has 148 valence electrons. The predicted molar refractivity (Wildman–Crippen MR) is 109 cm³/mol. The number of nitrogens with two attached hydrogens (primary N) is 1. The summed E-state index contributed by atoms with van der Waals surface area (Å²) < 4.78 is 14.5. The van der Waals surface area contributed by atoms with Crippen LogP contribution in [0, 0.1) is 5.82 Å². The zero-order valence-electron chi connectivity index (χ0n) is 15.2. The molecule has 1 unspecified atom stereocenters. The maximum absolute atomic E-state index is 14.5. The highest BCUT2D eigenvalue weighted by molar-refractivity contribution is 7.07. The molecule has 1 aromatic heterocycles. The summed E-state index contributed by atoms with van der Waals surface area (Å²) in [7, 11) is 0. The maximum atomic E-state index is 14.5. The molecule has 5 nitrogen and oxygen atoms in total. The Bertz CT molecular complexity index is 1060. The Balaban J connectivity index is 1.87. The van der Waals surface area contributed by atoms with Crippen molar-refractivity contribution in [2.75, 3.05) is 0 Å². The summed E-state index contributed by atoms with van der Waals surface area (Å²) in [5, 5.41) is 1.86. The number of hydrogen-bond acceptors (Lipinski definition) is 4. The predicted octanol–water partition coefficient (Wildman–Crippen LogP) is 4.29. The van der Waals surface area contributed by atoms with Gasteiger partial charge in [0, 0.05) is 10.4 Å². The number of aromatic nitrogens is 1. The lowest BCUT2D eigenvalue weighted by atomic mass is 9.98. The van der Waals surface area contributed by atoms with Crippen molar-refractivity contribution in [2.24, 2.45) is 5.73 Å². The molecule has 2 aromatic carbocycles. The van der Waals surface area contributed by atoms with E-state index in [1.807, 2.05) is 6.07 Å². The number of nitrogens with zero attached hydrogens (tertiary/aromatic N) is 2. The number of halogens is 2. The van der Waals surface area contributed by atoms with Crippen LogP contribution in [0.25, 0.3) is 0 Å². The first-order chi connectivity index (χ1) is 14.0. The number of benzene rings is 2. The second kappa shape index (κ2) is 7.93. The van der Waals surface area contributed by atoms with Crippen molar-refractivity contribution >= 4 is 34.8 Å². The molecule has 2 amide bonds. The van der Waals surface area contributed by atoms with Gasteiger partial charge in [-0.2, -0.15) is 0 Å². The molecule has 0 saturated carbocycles. The monoisotopic (exact) mass is 429 g/mol. The molecule has 0 fully saturated rings. The Morgan fingerprint density at radius 2 is 2.03 bits per heavy atom. The Hall–Kier alpha value is -2.77.